The van der Waals surface area contributed by atoms with E-state index in [1.807, 2.05) is 0 Å². The topological polar surface area (TPSA) is 62.7 Å². The lowest BCUT2D eigenvalue weighted by atomic mass is 9.97. The lowest BCUT2D eigenvalue weighted by Crippen LogP contribution is -2.40. The van der Waals surface area contributed by atoms with E-state index in [1.54, 1.807) is 0 Å². The number of nitrogens with one attached hydrogen (secondary N) is 2. The molecule has 16 heavy (non-hydrogen) atoms. The summed E-state index contributed by atoms with van der Waals surface area (Å²) in [5.74, 6) is 1.64. The zero-order valence-electron chi connectivity index (χ0n) is 9.66. The van der Waals surface area contributed by atoms with E-state index in [2.05, 4.69) is 20.6 Å². The van der Waals surface area contributed by atoms with E-state index in [0.29, 0.717) is 6.04 Å². The maximum absolute atomic E-state index is 10.9. The molecule has 5 nitrogen and oxygen atoms in total. The molecule has 1 unspecified atom stereocenters. The summed E-state index contributed by atoms with van der Waals surface area (Å²) >= 11 is 0. The standard InChI is InChI=1S/C11H19N3O2/c1-16-11(15)14-13-10-7-6-9(12-10)8-4-2-3-5-8/h8-9H,2-7H2,1H3,(H,12,13)(H,14,15). The molecule has 1 amide bonds. The van der Waals surface area contributed by atoms with Gasteiger partial charge < -0.3 is 4.74 Å². The molecule has 0 bridgehead atoms. The van der Waals surface area contributed by atoms with Gasteiger partial charge in [0, 0.05) is 6.42 Å². The summed E-state index contributed by atoms with van der Waals surface area (Å²) in [6.45, 7) is 0. The summed E-state index contributed by atoms with van der Waals surface area (Å²) in [4.78, 5) is 15.5. The Labute approximate surface area is 95.6 Å². The Morgan fingerprint density at radius 1 is 1.38 bits per heavy atom. The number of carbonyl (C=O) groups excluding carboxylic acids is 1. The molecule has 0 aromatic rings. The van der Waals surface area contributed by atoms with Crippen molar-refractivity contribution in [3.63, 3.8) is 0 Å². The molecule has 1 heterocycles. The zero-order valence-corrected chi connectivity index (χ0v) is 9.66. The highest BCUT2D eigenvalue weighted by molar-refractivity contribution is 5.85. The number of amidine groups is 1. The minimum absolute atomic E-state index is 0.462. The first-order chi connectivity index (χ1) is 7.79. The average Bonchev–Trinajstić information content (AvgIpc) is 2.95. The highest BCUT2D eigenvalue weighted by Gasteiger charge is 2.28. The fourth-order valence-corrected chi connectivity index (χ4v) is 2.57. The van der Waals surface area contributed by atoms with Crippen LogP contribution in [0.25, 0.3) is 0 Å². The van der Waals surface area contributed by atoms with Gasteiger partial charge in [0.25, 0.3) is 0 Å². The second-order valence-electron chi connectivity index (χ2n) is 4.47. The lowest BCUT2D eigenvalue weighted by Gasteiger charge is -2.13. The van der Waals surface area contributed by atoms with Gasteiger partial charge in [-0.25, -0.2) is 10.2 Å². The van der Waals surface area contributed by atoms with E-state index in [-0.39, 0.29) is 0 Å². The molecule has 0 saturated heterocycles. The Morgan fingerprint density at radius 2 is 2.12 bits per heavy atom. The average molecular weight is 225 g/mol. The molecule has 2 aliphatic rings. The number of hydrogen-bond donors (Lipinski definition) is 2. The van der Waals surface area contributed by atoms with E-state index in [9.17, 15) is 4.79 Å². The predicted octanol–water partition coefficient (Wildman–Crippen LogP) is 1.60. The van der Waals surface area contributed by atoms with Gasteiger partial charge in [0.05, 0.1) is 13.2 Å². The molecule has 1 aliphatic heterocycles. The Kier molecular flexibility index (Phi) is 3.64. The van der Waals surface area contributed by atoms with Crippen molar-refractivity contribution >= 4 is 11.9 Å². The van der Waals surface area contributed by atoms with Crippen LogP contribution in [0.15, 0.2) is 4.99 Å². The fraction of sp³-hybridized carbons (Fsp3) is 0.818. The third-order valence-electron chi connectivity index (χ3n) is 3.44. The van der Waals surface area contributed by atoms with Crippen molar-refractivity contribution in [2.75, 3.05) is 7.11 Å². The molecule has 2 rings (SSSR count). The Bertz CT molecular complexity index is 285. The Morgan fingerprint density at radius 3 is 2.81 bits per heavy atom. The van der Waals surface area contributed by atoms with Crippen LogP contribution in [-0.2, 0) is 4.74 Å². The number of hydrogen-bond acceptors (Lipinski definition) is 4. The molecule has 1 aliphatic carbocycles. The zero-order chi connectivity index (χ0) is 11.4. The van der Waals surface area contributed by atoms with Crippen LogP contribution in [0.4, 0.5) is 4.79 Å². The summed E-state index contributed by atoms with van der Waals surface area (Å²) in [6.07, 6.45) is 6.87. The van der Waals surface area contributed by atoms with E-state index < -0.39 is 6.09 Å². The quantitative estimate of drug-likeness (QED) is 0.666. The van der Waals surface area contributed by atoms with Crippen molar-refractivity contribution in [3.05, 3.63) is 0 Å². The molecular weight excluding hydrogens is 206 g/mol. The van der Waals surface area contributed by atoms with Crippen molar-refractivity contribution in [1.29, 1.82) is 0 Å². The van der Waals surface area contributed by atoms with Gasteiger partial charge in [-0.15, -0.1) is 0 Å². The maximum Gasteiger partial charge on any atom is 0.425 e. The molecule has 0 spiro atoms. The maximum atomic E-state index is 10.9. The number of rotatable bonds is 1. The Hall–Kier alpha value is -1.26. The van der Waals surface area contributed by atoms with Crippen molar-refractivity contribution in [3.8, 4) is 0 Å². The summed E-state index contributed by atoms with van der Waals surface area (Å²) in [6, 6.07) is 0.462. The Balaban J connectivity index is 1.78. The van der Waals surface area contributed by atoms with Crippen molar-refractivity contribution in [1.82, 2.24) is 10.9 Å². The molecule has 0 aromatic heterocycles. The highest BCUT2D eigenvalue weighted by atomic mass is 16.5. The van der Waals surface area contributed by atoms with Crippen LogP contribution in [0.3, 0.4) is 0 Å². The SMILES string of the molecule is COC(=O)NNC1=NC(C2CCCC2)CC1. The van der Waals surface area contributed by atoms with Crippen LogP contribution < -0.4 is 10.9 Å². The molecule has 0 radical (unpaired) electrons. The summed E-state index contributed by atoms with van der Waals surface area (Å²) in [5, 5.41) is 0. The summed E-state index contributed by atoms with van der Waals surface area (Å²) in [5.41, 5.74) is 5.25. The van der Waals surface area contributed by atoms with Crippen molar-refractivity contribution < 1.29 is 9.53 Å². The number of methoxy groups -OCH3 is 1. The molecule has 1 fully saturated rings. The highest BCUT2D eigenvalue weighted by Crippen LogP contribution is 2.33. The second kappa shape index (κ2) is 5.18. The van der Waals surface area contributed by atoms with Gasteiger partial charge in [-0.2, -0.15) is 0 Å². The van der Waals surface area contributed by atoms with Crippen LogP contribution in [0.5, 0.6) is 0 Å². The largest absolute Gasteiger partial charge is 0.452 e. The molecule has 0 aromatic carbocycles. The number of nitrogens with zero attached hydrogens (tertiary/aromatic N) is 1. The number of aliphatic imine (C=N–C) groups is 1. The first kappa shape index (κ1) is 11.2. The van der Waals surface area contributed by atoms with Crippen LogP contribution in [-0.4, -0.2) is 25.1 Å². The lowest BCUT2D eigenvalue weighted by molar-refractivity contribution is 0.168. The van der Waals surface area contributed by atoms with Gasteiger partial charge in [-0.05, 0) is 25.2 Å². The van der Waals surface area contributed by atoms with Crippen molar-refractivity contribution in [2.45, 2.75) is 44.6 Å². The molecule has 1 saturated carbocycles. The monoisotopic (exact) mass is 225 g/mol. The van der Waals surface area contributed by atoms with Gasteiger partial charge in [-0.3, -0.25) is 10.4 Å². The van der Waals surface area contributed by atoms with E-state index in [1.165, 1.54) is 32.8 Å². The number of carbonyl (C=O) groups is 1. The normalized spacial score (nSPS) is 25.3. The molecule has 90 valence electrons. The summed E-state index contributed by atoms with van der Waals surface area (Å²) in [7, 11) is 1.34. The molecular formula is C11H19N3O2. The van der Waals surface area contributed by atoms with Gasteiger partial charge in [-0.1, -0.05) is 12.8 Å². The smallest absolute Gasteiger partial charge is 0.425 e. The first-order valence-corrected chi connectivity index (χ1v) is 5.96. The van der Waals surface area contributed by atoms with Gasteiger partial charge >= 0.3 is 6.09 Å². The fourth-order valence-electron chi connectivity index (χ4n) is 2.57. The third kappa shape index (κ3) is 2.65. The third-order valence-corrected chi connectivity index (χ3v) is 3.44. The van der Waals surface area contributed by atoms with Crippen molar-refractivity contribution in [2.24, 2.45) is 10.9 Å². The second-order valence-corrected chi connectivity index (χ2v) is 4.47. The van der Waals surface area contributed by atoms with Crippen LogP contribution in [0.1, 0.15) is 38.5 Å². The van der Waals surface area contributed by atoms with E-state index in [4.69, 9.17) is 0 Å². The van der Waals surface area contributed by atoms with Crippen LogP contribution in [0.2, 0.25) is 0 Å². The minimum atomic E-state index is -0.480. The molecule has 2 N–H and O–H groups in total. The van der Waals surface area contributed by atoms with E-state index >= 15 is 0 Å². The number of ether oxygens (including phenoxy) is 1. The number of amides is 1. The van der Waals surface area contributed by atoms with Gasteiger partial charge in [0.1, 0.15) is 5.84 Å². The van der Waals surface area contributed by atoms with Crippen LogP contribution in [0, 0.1) is 5.92 Å². The van der Waals surface area contributed by atoms with Crippen LogP contribution >= 0.6 is 0 Å². The summed E-state index contributed by atoms with van der Waals surface area (Å²) < 4.78 is 4.47. The predicted molar refractivity (Wildman–Crippen MR) is 61.1 cm³/mol. The first-order valence-electron chi connectivity index (χ1n) is 5.96. The molecule has 1 atom stereocenters. The van der Waals surface area contributed by atoms with Gasteiger partial charge in [0.2, 0.25) is 0 Å². The van der Waals surface area contributed by atoms with E-state index in [0.717, 1.165) is 24.6 Å². The minimum Gasteiger partial charge on any atom is -0.452 e. The number of hydrazine groups is 1. The molecule has 5 heteroatoms. The van der Waals surface area contributed by atoms with Gasteiger partial charge in [0.15, 0.2) is 0 Å².